The molecule has 2 bridgehead atoms. The Morgan fingerprint density at radius 2 is 1.76 bits per heavy atom. The number of thiophene rings is 1. The molecular weight excluding hydrogens is 286 g/mol. The van der Waals surface area contributed by atoms with Crippen LogP contribution in [0.25, 0.3) is 0 Å². The lowest BCUT2D eigenvalue weighted by Gasteiger charge is -2.45. The molecule has 0 saturated heterocycles. The van der Waals surface area contributed by atoms with Crippen molar-refractivity contribution in [2.45, 2.75) is 44.2 Å². The molecule has 5 N–H and O–H groups in total. The van der Waals surface area contributed by atoms with Gasteiger partial charge in [0.2, 0.25) is 0 Å². The Balaban J connectivity index is 1.70. The van der Waals surface area contributed by atoms with Crippen molar-refractivity contribution in [3.05, 3.63) is 21.9 Å². The van der Waals surface area contributed by atoms with Crippen LogP contribution in [0.1, 0.15) is 51.4 Å². The summed E-state index contributed by atoms with van der Waals surface area (Å²) in [6.45, 7) is 0. The van der Waals surface area contributed by atoms with Crippen LogP contribution < -0.4 is 16.8 Å². The number of primary amides is 1. The lowest BCUT2D eigenvalue weighted by Crippen LogP contribution is -2.53. The second kappa shape index (κ2) is 5.77. The van der Waals surface area contributed by atoms with Gasteiger partial charge in [0.05, 0.1) is 9.75 Å². The molecule has 0 radical (unpaired) electrons. The normalized spacial score (nSPS) is 31.7. The molecule has 2 aliphatic rings. The molecule has 1 aromatic rings. The van der Waals surface area contributed by atoms with E-state index in [0.717, 1.165) is 37.0 Å². The smallest absolute Gasteiger partial charge is 0.261 e. The Morgan fingerprint density at radius 1 is 1.14 bits per heavy atom. The van der Waals surface area contributed by atoms with E-state index < -0.39 is 5.91 Å². The Bertz CT molecular complexity index is 543. The summed E-state index contributed by atoms with van der Waals surface area (Å²) >= 11 is 1.16. The zero-order valence-electron chi connectivity index (χ0n) is 11.9. The number of carbonyl (C=O) groups excluding carboxylic acids is 2. The minimum absolute atomic E-state index is 0.0927. The van der Waals surface area contributed by atoms with Crippen molar-refractivity contribution in [2.75, 3.05) is 0 Å². The average molecular weight is 307 g/mol. The maximum atomic E-state index is 12.4. The number of nitrogens with two attached hydrogens (primary N) is 2. The minimum atomic E-state index is -0.487. The highest BCUT2D eigenvalue weighted by atomic mass is 32.1. The number of carbonyl (C=O) groups is 2. The Labute approximate surface area is 128 Å². The maximum Gasteiger partial charge on any atom is 0.261 e. The number of amides is 2. The number of hydrogen-bond donors (Lipinski definition) is 3. The molecule has 2 amide bonds. The van der Waals surface area contributed by atoms with Crippen molar-refractivity contribution in [1.82, 2.24) is 5.32 Å². The summed E-state index contributed by atoms with van der Waals surface area (Å²) in [5, 5.41) is 3.17. The SMILES string of the molecule is NC(=O)c1ccc(C(=O)NC2C3CCCC2CC(N)C3)s1. The molecule has 0 aromatic carbocycles. The van der Waals surface area contributed by atoms with Gasteiger partial charge in [-0.3, -0.25) is 9.59 Å². The van der Waals surface area contributed by atoms with Crippen molar-refractivity contribution in [2.24, 2.45) is 23.3 Å². The van der Waals surface area contributed by atoms with Gasteiger partial charge in [0.1, 0.15) is 0 Å². The summed E-state index contributed by atoms with van der Waals surface area (Å²) in [5.41, 5.74) is 11.3. The lowest BCUT2D eigenvalue weighted by atomic mass is 9.67. The highest BCUT2D eigenvalue weighted by Crippen LogP contribution is 2.39. The zero-order chi connectivity index (χ0) is 15.0. The summed E-state index contributed by atoms with van der Waals surface area (Å²) in [4.78, 5) is 24.5. The summed E-state index contributed by atoms with van der Waals surface area (Å²) < 4.78 is 0. The standard InChI is InChI=1S/C15H21N3O2S/c16-10-6-8-2-1-3-9(7-10)13(8)18-15(20)12-5-4-11(21-12)14(17)19/h4-5,8-10,13H,1-3,6-7,16H2,(H2,17,19)(H,18,20). The van der Waals surface area contributed by atoms with E-state index in [-0.39, 0.29) is 18.0 Å². The predicted octanol–water partition coefficient (Wildman–Crippen LogP) is 1.48. The molecule has 21 heavy (non-hydrogen) atoms. The van der Waals surface area contributed by atoms with Crippen molar-refractivity contribution in [1.29, 1.82) is 0 Å². The topological polar surface area (TPSA) is 98.2 Å². The molecule has 3 rings (SSSR count). The third-order valence-corrected chi connectivity index (χ3v) is 5.85. The van der Waals surface area contributed by atoms with E-state index in [0.29, 0.717) is 21.6 Å². The van der Waals surface area contributed by atoms with Gasteiger partial charge in [-0.05, 0) is 49.7 Å². The first kappa shape index (κ1) is 14.5. The van der Waals surface area contributed by atoms with Gasteiger partial charge >= 0.3 is 0 Å². The van der Waals surface area contributed by atoms with Crippen LogP contribution in [0.4, 0.5) is 0 Å². The summed E-state index contributed by atoms with van der Waals surface area (Å²) in [6.07, 6.45) is 5.52. The van der Waals surface area contributed by atoms with Gasteiger partial charge in [-0.2, -0.15) is 0 Å². The maximum absolute atomic E-state index is 12.4. The van der Waals surface area contributed by atoms with E-state index in [4.69, 9.17) is 11.5 Å². The Hall–Kier alpha value is -1.40. The van der Waals surface area contributed by atoms with Crippen molar-refractivity contribution >= 4 is 23.2 Å². The van der Waals surface area contributed by atoms with Gasteiger partial charge in [-0.1, -0.05) is 6.42 Å². The second-order valence-electron chi connectivity index (χ2n) is 6.21. The van der Waals surface area contributed by atoms with Gasteiger partial charge in [0.25, 0.3) is 11.8 Å². The van der Waals surface area contributed by atoms with Gasteiger partial charge in [-0.15, -0.1) is 11.3 Å². The number of hydrogen-bond acceptors (Lipinski definition) is 4. The van der Waals surface area contributed by atoms with Crippen LogP contribution in [0.2, 0.25) is 0 Å². The third kappa shape index (κ3) is 2.96. The third-order valence-electron chi connectivity index (χ3n) is 4.75. The van der Waals surface area contributed by atoms with Crippen LogP contribution in [-0.2, 0) is 0 Å². The van der Waals surface area contributed by atoms with Crippen LogP contribution in [0.15, 0.2) is 12.1 Å². The van der Waals surface area contributed by atoms with Crippen molar-refractivity contribution in [3.63, 3.8) is 0 Å². The zero-order valence-corrected chi connectivity index (χ0v) is 12.7. The van der Waals surface area contributed by atoms with E-state index in [1.807, 2.05) is 0 Å². The van der Waals surface area contributed by atoms with Crippen molar-refractivity contribution in [3.8, 4) is 0 Å². The van der Waals surface area contributed by atoms with Gasteiger partial charge in [0, 0.05) is 12.1 Å². The van der Waals surface area contributed by atoms with E-state index in [1.165, 1.54) is 6.42 Å². The fourth-order valence-electron chi connectivity index (χ4n) is 3.84. The quantitative estimate of drug-likeness (QED) is 0.789. The largest absolute Gasteiger partial charge is 0.365 e. The van der Waals surface area contributed by atoms with E-state index in [2.05, 4.69) is 5.32 Å². The molecule has 0 spiro atoms. The fourth-order valence-corrected chi connectivity index (χ4v) is 4.60. The van der Waals surface area contributed by atoms with E-state index >= 15 is 0 Å². The van der Waals surface area contributed by atoms with E-state index in [1.54, 1.807) is 12.1 Å². The molecule has 114 valence electrons. The van der Waals surface area contributed by atoms with E-state index in [9.17, 15) is 9.59 Å². The van der Waals surface area contributed by atoms with Gasteiger partial charge in [-0.25, -0.2) is 0 Å². The highest BCUT2D eigenvalue weighted by Gasteiger charge is 2.40. The van der Waals surface area contributed by atoms with Crippen LogP contribution in [-0.4, -0.2) is 23.9 Å². The summed E-state index contributed by atoms with van der Waals surface area (Å²) in [5.74, 6) is 0.406. The second-order valence-corrected chi connectivity index (χ2v) is 7.29. The molecule has 1 heterocycles. The fraction of sp³-hybridized carbons (Fsp3) is 0.600. The Morgan fingerprint density at radius 3 is 2.33 bits per heavy atom. The Kier molecular flexibility index (Phi) is 3.99. The molecule has 2 fully saturated rings. The minimum Gasteiger partial charge on any atom is -0.365 e. The molecular formula is C15H21N3O2S. The first-order chi connectivity index (χ1) is 10.0. The van der Waals surface area contributed by atoms with Crippen LogP contribution in [0, 0.1) is 11.8 Å². The first-order valence-corrected chi connectivity index (χ1v) is 8.32. The molecule has 2 saturated carbocycles. The molecule has 6 heteroatoms. The highest BCUT2D eigenvalue weighted by molar-refractivity contribution is 7.15. The first-order valence-electron chi connectivity index (χ1n) is 7.50. The molecule has 2 unspecified atom stereocenters. The van der Waals surface area contributed by atoms with Crippen molar-refractivity contribution < 1.29 is 9.59 Å². The van der Waals surface area contributed by atoms with Crippen LogP contribution in [0.3, 0.4) is 0 Å². The molecule has 1 aromatic heterocycles. The molecule has 0 aliphatic heterocycles. The lowest BCUT2D eigenvalue weighted by molar-refractivity contribution is 0.0759. The van der Waals surface area contributed by atoms with Gasteiger partial charge < -0.3 is 16.8 Å². The molecule has 2 aliphatic carbocycles. The average Bonchev–Trinajstić information content (AvgIpc) is 2.89. The summed E-state index contributed by atoms with van der Waals surface area (Å²) in [6, 6.07) is 3.78. The van der Waals surface area contributed by atoms with Crippen LogP contribution >= 0.6 is 11.3 Å². The molecule has 2 atom stereocenters. The predicted molar refractivity (Wildman–Crippen MR) is 82.1 cm³/mol. The number of rotatable bonds is 3. The monoisotopic (exact) mass is 307 g/mol. The summed E-state index contributed by atoms with van der Waals surface area (Å²) in [7, 11) is 0. The van der Waals surface area contributed by atoms with Crippen LogP contribution in [0.5, 0.6) is 0 Å². The number of nitrogens with one attached hydrogen (secondary N) is 1. The van der Waals surface area contributed by atoms with Gasteiger partial charge in [0.15, 0.2) is 0 Å². The number of fused-ring (bicyclic) bond motifs is 2. The molecule has 5 nitrogen and oxygen atoms in total.